The highest BCUT2D eigenvalue weighted by Crippen LogP contribution is 2.33. The van der Waals surface area contributed by atoms with Crippen LogP contribution in [0.4, 0.5) is 11.4 Å². The summed E-state index contributed by atoms with van der Waals surface area (Å²) in [5.41, 5.74) is 16.3. The van der Waals surface area contributed by atoms with Crippen LogP contribution in [-0.4, -0.2) is 170 Å². The van der Waals surface area contributed by atoms with Crippen LogP contribution in [0.25, 0.3) is 67.7 Å². The monoisotopic (exact) mass is 1260 g/mol. The summed E-state index contributed by atoms with van der Waals surface area (Å²) < 4.78 is 10.5. The Morgan fingerprint density at radius 3 is 1.56 bits per heavy atom. The minimum absolute atomic E-state index is 0.0718. The van der Waals surface area contributed by atoms with E-state index < -0.39 is 0 Å². The fourth-order valence-electron chi connectivity index (χ4n) is 13.9. The number of likely N-dealkylation sites (N-methyl/N-ethyl adjacent to an activating group) is 2. The first kappa shape index (κ1) is 61.9. The van der Waals surface area contributed by atoms with Crippen LogP contribution in [0.3, 0.4) is 0 Å². The first-order chi connectivity index (χ1) is 45.5. The standard InChI is InChI=1S/C24H29N7O.C24H26N6O.C23H27N7O/c1-5-19-22-11-21(27-31(22)13-16(3)25-19)20-12-24(32)30-15-18(7-8-23(30)26-20)29-10-9-28(6-2)17(4)14-29;1-16-13-29-14-18(5-6-22(29)26-16)20-11-24(31)30-15-21(25-12-23(30)27-20)17-7-9-28(10-8-17)19-3-2-4-19;1-5-18-21-10-20(26-30(21)12-15(2)24-18)19-11-23(31)29-14-17(6-7-22(29)25-19)28-9-8-27(4)16(3)13-28/h7-8,11-13,15,17H,5-6,9-10,14H2,1-4H3;5-6,11-15,17,19H,2-4,7-10H2,1H3;6-7,10-12,14,16H,5,8-9,13H2,1-4H3/t17-;;16-/m1.1/s1. The van der Waals surface area contributed by atoms with Gasteiger partial charge >= 0.3 is 0 Å². The Labute approximate surface area is 544 Å². The Morgan fingerprint density at radius 2 is 1.02 bits per heavy atom. The molecule has 12 aromatic heterocycles. The second kappa shape index (κ2) is 25.7. The molecule has 1 aliphatic carbocycles. The van der Waals surface area contributed by atoms with Crippen molar-refractivity contribution in [2.24, 2.45) is 0 Å². The van der Waals surface area contributed by atoms with Gasteiger partial charge in [0.2, 0.25) is 0 Å². The number of aryl methyl sites for hydroxylation is 5. The first-order valence-corrected chi connectivity index (χ1v) is 33.4. The van der Waals surface area contributed by atoms with Gasteiger partial charge in [0.15, 0.2) is 5.65 Å². The van der Waals surface area contributed by atoms with Crippen LogP contribution in [0, 0.1) is 20.8 Å². The van der Waals surface area contributed by atoms with E-state index in [9.17, 15) is 14.4 Å². The average Bonchev–Trinajstić information content (AvgIpc) is 1.42. The predicted molar refractivity (Wildman–Crippen MR) is 368 cm³/mol. The Kier molecular flexibility index (Phi) is 16.9. The van der Waals surface area contributed by atoms with Crippen LogP contribution < -0.4 is 26.5 Å². The van der Waals surface area contributed by atoms with Crippen molar-refractivity contribution in [3.63, 3.8) is 0 Å². The van der Waals surface area contributed by atoms with Gasteiger partial charge in [0.1, 0.15) is 28.3 Å². The van der Waals surface area contributed by atoms with Crippen molar-refractivity contribution < 1.29 is 0 Å². The fourth-order valence-corrected chi connectivity index (χ4v) is 13.9. The van der Waals surface area contributed by atoms with Gasteiger partial charge in [-0.3, -0.25) is 47.4 Å². The lowest BCUT2D eigenvalue weighted by atomic mass is 9.87. The second-order valence-corrected chi connectivity index (χ2v) is 26.0. The quantitative estimate of drug-likeness (QED) is 0.125. The molecule has 3 aliphatic heterocycles. The number of aromatic nitrogens is 15. The lowest BCUT2D eigenvalue weighted by Crippen LogP contribution is -2.51. The van der Waals surface area contributed by atoms with E-state index in [1.165, 1.54) is 19.3 Å². The Balaban J connectivity index is 0.000000122. The van der Waals surface area contributed by atoms with E-state index in [-0.39, 0.29) is 16.7 Å². The van der Waals surface area contributed by atoms with Crippen molar-refractivity contribution in [1.82, 2.24) is 86.4 Å². The van der Waals surface area contributed by atoms with Crippen molar-refractivity contribution in [3.05, 3.63) is 182 Å². The van der Waals surface area contributed by atoms with E-state index in [0.29, 0.717) is 63.4 Å². The number of piperazine rings is 2. The highest BCUT2D eigenvalue weighted by atomic mass is 16.1. The van der Waals surface area contributed by atoms with Gasteiger partial charge in [-0.2, -0.15) is 10.2 Å². The summed E-state index contributed by atoms with van der Waals surface area (Å²) in [6.07, 6.45) is 23.1. The van der Waals surface area contributed by atoms with Gasteiger partial charge in [-0.05, 0) is 148 Å². The molecule has 12 aromatic rings. The molecule has 0 amide bonds. The molecule has 0 unspecified atom stereocenters. The highest BCUT2D eigenvalue weighted by Gasteiger charge is 2.31. The maximum Gasteiger partial charge on any atom is 0.258 e. The van der Waals surface area contributed by atoms with E-state index in [1.807, 2.05) is 114 Å². The van der Waals surface area contributed by atoms with E-state index in [1.54, 1.807) is 37.6 Å². The highest BCUT2D eigenvalue weighted by molar-refractivity contribution is 5.69. The minimum Gasteiger partial charge on any atom is -0.367 e. The summed E-state index contributed by atoms with van der Waals surface area (Å²) in [6.45, 7) is 25.9. The number of hydrogen-bond acceptors (Lipinski definition) is 17. The zero-order chi connectivity index (χ0) is 65.1. The van der Waals surface area contributed by atoms with Crippen LogP contribution in [0.1, 0.15) is 107 Å². The van der Waals surface area contributed by atoms with Crippen LogP contribution in [-0.2, 0) is 12.8 Å². The summed E-state index contributed by atoms with van der Waals surface area (Å²) in [5.74, 6) is 0.416. The molecule has 0 bridgehead atoms. The normalized spacial score (nSPS) is 17.9. The molecule has 4 aliphatic rings. The van der Waals surface area contributed by atoms with Crippen molar-refractivity contribution >= 4 is 45.0 Å². The molecule has 0 spiro atoms. The smallest absolute Gasteiger partial charge is 0.258 e. The molecule has 23 heteroatoms. The Hall–Kier alpha value is -9.58. The van der Waals surface area contributed by atoms with Gasteiger partial charge in [-0.15, -0.1) is 0 Å². The Bertz CT molecular complexity index is 5010. The average molecular weight is 1260 g/mol. The van der Waals surface area contributed by atoms with Crippen LogP contribution in [0.15, 0.2) is 131 Å². The summed E-state index contributed by atoms with van der Waals surface area (Å²) in [4.78, 5) is 83.6. The van der Waals surface area contributed by atoms with E-state index in [4.69, 9.17) is 19.9 Å². The lowest BCUT2D eigenvalue weighted by molar-refractivity contribution is 0.0969. The lowest BCUT2D eigenvalue weighted by Gasteiger charge is -2.41. The molecule has 15 heterocycles. The maximum atomic E-state index is 13.0. The summed E-state index contributed by atoms with van der Waals surface area (Å²) in [7, 11) is 2.15. The molecule has 0 N–H and O–H groups in total. The third-order valence-corrected chi connectivity index (χ3v) is 19.6. The summed E-state index contributed by atoms with van der Waals surface area (Å²) >= 11 is 0. The van der Waals surface area contributed by atoms with Gasteiger partial charge < -0.3 is 24.0 Å². The van der Waals surface area contributed by atoms with Crippen molar-refractivity contribution in [1.29, 1.82) is 0 Å². The fraction of sp³-hybridized carbons (Fsp3) is 0.408. The molecular formula is C71H82N20O3. The second-order valence-electron chi connectivity index (χ2n) is 26.0. The number of anilines is 2. The van der Waals surface area contributed by atoms with E-state index in [0.717, 1.165) is 158 Å². The number of likely N-dealkylation sites (tertiary alicyclic amines) is 1. The van der Waals surface area contributed by atoms with E-state index >= 15 is 0 Å². The first-order valence-electron chi connectivity index (χ1n) is 33.4. The minimum atomic E-state index is -0.105. The molecule has 484 valence electrons. The van der Waals surface area contributed by atoms with E-state index in [2.05, 4.69) is 103 Å². The zero-order valence-electron chi connectivity index (χ0n) is 55.3. The number of pyridine rings is 3. The molecule has 2 atom stereocenters. The van der Waals surface area contributed by atoms with Crippen LogP contribution >= 0.6 is 0 Å². The number of piperidine rings is 1. The van der Waals surface area contributed by atoms with Gasteiger partial charge in [0.25, 0.3) is 16.7 Å². The number of hydrogen-bond donors (Lipinski definition) is 0. The molecule has 1 saturated carbocycles. The number of imidazole rings is 1. The van der Waals surface area contributed by atoms with Crippen LogP contribution in [0.2, 0.25) is 0 Å². The number of rotatable bonds is 10. The number of fused-ring (bicyclic) bond motifs is 6. The molecular weight excluding hydrogens is 1180 g/mol. The molecule has 94 heavy (non-hydrogen) atoms. The van der Waals surface area contributed by atoms with Crippen LogP contribution in [0.5, 0.6) is 0 Å². The third kappa shape index (κ3) is 12.3. The molecule has 0 radical (unpaired) electrons. The van der Waals surface area contributed by atoms with Crippen molar-refractivity contribution in [2.75, 3.05) is 75.8 Å². The number of nitrogens with zero attached hydrogens (tertiary/aromatic N) is 20. The van der Waals surface area contributed by atoms with Crippen molar-refractivity contribution in [3.8, 4) is 34.0 Å². The molecule has 0 aromatic carbocycles. The molecule has 23 nitrogen and oxygen atoms in total. The van der Waals surface area contributed by atoms with Gasteiger partial charge in [0, 0.05) is 118 Å². The van der Waals surface area contributed by atoms with Gasteiger partial charge in [0.05, 0.1) is 92.2 Å². The zero-order valence-corrected chi connectivity index (χ0v) is 55.3. The largest absolute Gasteiger partial charge is 0.367 e. The van der Waals surface area contributed by atoms with Gasteiger partial charge in [-0.25, -0.2) is 29.0 Å². The topological polar surface area (TPSA) is 210 Å². The molecule has 4 fully saturated rings. The molecule has 16 rings (SSSR count). The predicted octanol–water partition coefficient (Wildman–Crippen LogP) is 8.67. The maximum absolute atomic E-state index is 13.0. The van der Waals surface area contributed by atoms with Gasteiger partial charge in [-0.1, -0.05) is 27.2 Å². The summed E-state index contributed by atoms with van der Waals surface area (Å²) in [6, 6.07) is 22.3. The summed E-state index contributed by atoms with van der Waals surface area (Å²) in [5, 5.41) is 9.33. The van der Waals surface area contributed by atoms with Crippen molar-refractivity contribution in [2.45, 2.75) is 124 Å². The molecule has 3 saturated heterocycles. The SMILES string of the molecule is CCc1nc(C)cn2nc(-c3cc(=O)n4cc(N5CCN(C)[C@H](C)C5)ccc4n3)cc12.CCc1nc(C)cn2nc(-c3cc(=O)n4cc(N5CCN(CC)[C@H](C)C5)ccc4n3)cc12.Cc1cn2cc(-c3cc(=O)n4cc(C5CCN(C6CCC6)CC5)ncc4n3)ccc2n1. The third-order valence-electron chi connectivity index (χ3n) is 19.6. The Morgan fingerprint density at radius 1 is 0.489 bits per heavy atom.